The molecular formula is C22H15Cl3N2O2. The first-order chi connectivity index (χ1) is 14.0. The van der Waals surface area contributed by atoms with E-state index in [0.717, 1.165) is 16.7 Å². The fourth-order valence-corrected chi connectivity index (χ4v) is 3.46. The van der Waals surface area contributed by atoms with E-state index in [1.54, 1.807) is 18.2 Å². The fraction of sp³-hybridized carbons (Fsp3) is 0.0909. The van der Waals surface area contributed by atoms with Gasteiger partial charge in [0.2, 0.25) is 5.82 Å². The Morgan fingerprint density at radius 3 is 2.62 bits per heavy atom. The second-order valence-corrected chi connectivity index (χ2v) is 7.72. The number of aromatic nitrogens is 2. The molecule has 0 aliphatic carbocycles. The van der Waals surface area contributed by atoms with Gasteiger partial charge in [0, 0.05) is 16.1 Å². The third-order valence-corrected chi connectivity index (χ3v) is 5.11. The molecule has 0 spiro atoms. The summed E-state index contributed by atoms with van der Waals surface area (Å²) >= 11 is 18.4. The summed E-state index contributed by atoms with van der Waals surface area (Å²) in [4.78, 5) is 4.46. The molecule has 0 saturated carbocycles. The van der Waals surface area contributed by atoms with Gasteiger partial charge in [0.1, 0.15) is 12.4 Å². The molecule has 4 aromatic rings. The Morgan fingerprint density at radius 1 is 0.931 bits per heavy atom. The maximum Gasteiger partial charge on any atom is 0.258 e. The van der Waals surface area contributed by atoms with Crippen molar-refractivity contribution in [3.63, 3.8) is 0 Å². The minimum atomic E-state index is 0.362. The van der Waals surface area contributed by atoms with Gasteiger partial charge < -0.3 is 9.26 Å². The third-order valence-electron chi connectivity index (χ3n) is 4.25. The van der Waals surface area contributed by atoms with Crippen LogP contribution in [0.15, 0.2) is 65.2 Å². The molecule has 4 rings (SSSR count). The van der Waals surface area contributed by atoms with Crippen LogP contribution in [0.1, 0.15) is 11.1 Å². The highest BCUT2D eigenvalue weighted by molar-refractivity contribution is 6.36. The molecule has 0 aliphatic heterocycles. The van der Waals surface area contributed by atoms with Gasteiger partial charge in [-0.15, -0.1) is 0 Å². The first-order valence-electron chi connectivity index (χ1n) is 8.77. The lowest BCUT2D eigenvalue weighted by Gasteiger charge is -2.09. The van der Waals surface area contributed by atoms with Crippen LogP contribution >= 0.6 is 34.8 Å². The number of aryl methyl sites for hydroxylation is 1. The molecule has 0 radical (unpaired) electrons. The van der Waals surface area contributed by atoms with Crippen LogP contribution in [-0.4, -0.2) is 10.1 Å². The SMILES string of the molecule is Cc1ccc(Cl)c(OCc2cccc(-c3nc(-c4ccc(Cl)cc4Cl)no3)c2)c1. The van der Waals surface area contributed by atoms with Crippen LogP contribution in [0.25, 0.3) is 22.8 Å². The van der Waals surface area contributed by atoms with Gasteiger partial charge in [-0.2, -0.15) is 4.98 Å². The Labute approximate surface area is 183 Å². The van der Waals surface area contributed by atoms with Crippen LogP contribution in [0.2, 0.25) is 15.1 Å². The number of nitrogens with zero attached hydrogens (tertiary/aromatic N) is 2. The van der Waals surface area contributed by atoms with E-state index in [-0.39, 0.29) is 0 Å². The van der Waals surface area contributed by atoms with Gasteiger partial charge in [-0.05, 0) is 60.5 Å². The van der Waals surface area contributed by atoms with Crippen molar-refractivity contribution in [2.75, 3.05) is 0 Å². The fourth-order valence-electron chi connectivity index (χ4n) is 2.80. The molecule has 0 saturated heterocycles. The van der Waals surface area contributed by atoms with E-state index in [4.69, 9.17) is 44.1 Å². The van der Waals surface area contributed by atoms with Gasteiger partial charge in [-0.3, -0.25) is 0 Å². The molecule has 0 amide bonds. The van der Waals surface area contributed by atoms with E-state index < -0.39 is 0 Å². The summed E-state index contributed by atoms with van der Waals surface area (Å²) in [5, 5.41) is 5.62. The number of rotatable bonds is 5. The summed E-state index contributed by atoms with van der Waals surface area (Å²) in [6.07, 6.45) is 0. The molecule has 146 valence electrons. The van der Waals surface area contributed by atoms with Crippen LogP contribution in [0.5, 0.6) is 5.75 Å². The lowest BCUT2D eigenvalue weighted by molar-refractivity contribution is 0.306. The highest BCUT2D eigenvalue weighted by Gasteiger charge is 2.14. The maximum absolute atomic E-state index is 6.23. The van der Waals surface area contributed by atoms with Crippen molar-refractivity contribution in [2.45, 2.75) is 13.5 Å². The first-order valence-corrected chi connectivity index (χ1v) is 9.90. The standard InChI is InChI=1S/C22H15Cl3N2O2/c1-13-5-8-18(24)20(9-13)28-12-14-3-2-4-15(10-14)22-26-21(27-29-22)17-7-6-16(23)11-19(17)25/h2-11H,12H2,1H3. The van der Waals surface area contributed by atoms with Gasteiger partial charge in [0.15, 0.2) is 0 Å². The number of hydrogen-bond donors (Lipinski definition) is 0. The van der Waals surface area contributed by atoms with Crippen molar-refractivity contribution < 1.29 is 9.26 Å². The second-order valence-electron chi connectivity index (χ2n) is 6.47. The van der Waals surface area contributed by atoms with E-state index >= 15 is 0 Å². The molecule has 1 heterocycles. The summed E-state index contributed by atoms with van der Waals surface area (Å²) in [6, 6.07) is 18.5. The summed E-state index contributed by atoms with van der Waals surface area (Å²) < 4.78 is 11.3. The van der Waals surface area contributed by atoms with E-state index in [9.17, 15) is 0 Å². The highest BCUT2D eigenvalue weighted by atomic mass is 35.5. The smallest absolute Gasteiger partial charge is 0.258 e. The van der Waals surface area contributed by atoms with Crippen LogP contribution in [-0.2, 0) is 6.61 Å². The molecule has 4 nitrogen and oxygen atoms in total. The topological polar surface area (TPSA) is 48.2 Å². The quantitative estimate of drug-likeness (QED) is 0.324. The van der Waals surface area contributed by atoms with Crippen LogP contribution in [0.3, 0.4) is 0 Å². The monoisotopic (exact) mass is 444 g/mol. The van der Waals surface area contributed by atoms with Crippen LogP contribution < -0.4 is 4.74 Å². The van der Waals surface area contributed by atoms with Gasteiger partial charge in [-0.1, -0.05) is 58.2 Å². The van der Waals surface area contributed by atoms with Crippen LogP contribution in [0, 0.1) is 6.92 Å². The summed E-state index contributed by atoms with van der Waals surface area (Å²) in [5.41, 5.74) is 3.46. The molecule has 1 aromatic heterocycles. The van der Waals surface area contributed by atoms with Gasteiger partial charge in [-0.25, -0.2) is 0 Å². The Kier molecular flexibility index (Phi) is 5.76. The molecule has 7 heteroatoms. The Balaban J connectivity index is 1.55. The zero-order chi connectivity index (χ0) is 20.4. The van der Waals surface area contributed by atoms with E-state index in [0.29, 0.717) is 44.7 Å². The van der Waals surface area contributed by atoms with Crippen molar-refractivity contribution in [3.8, 4) is 28.6 Å². The lowest BCUT2D eigenvalue weighted by Crippen LogP contribution is -1.96. The largest absolute Gasteiger partial charge is 0.487 e. The highest BCUT2D eigenvalue weighted by Crippen LogP contribution is 2.30. The second kappa shape index (κ2) is 8.46. The molecule has 0 fully saturated rings. The predicted octanol–water partition coefficient (Wildman–Crippen LogP) is 7.25. The zero-order valence-corrected chi connectivity index (χ0v) is 17.6. The van der Waals surface area contributed by atoms with Crippen molar-refractivity contribution in [1.29, 1.82) is 0 Å². The minimum absolute atomic E-state index is 0.362. The van der Waals surface area contributed by atoms with Gasteiger partial charge in [0.25, 0.3) is 5.89 Å². The zero-order valence-electron chi connectivity index (χ0n) is 15.3. The number of hydrogen-bond acceptors (Lipinski definition) is 4. The molecular weight excluding hydrogens is 431 g/mol. The molecule has 0 bridgehead atoms. The number of ether oxygens (including phenoxy) is 1. The van der Waals surface area contributed by atoms with Gasteiger partial charge >= 0.3 is 0 Å². The molecule has 3 aromatic carbocycles. The average Bonchev–Trinajstić information content (AvgIpc) is 3.19. The Hall–Kier alpha value is -2.53. The summed E-state index contributed by atoms with van der Waals surface area (Å²) in [7, 11) is 0. The lowest BCUT2D eigenvalue weighted by atomic mass is 10.1. The minimum Gasteiger partial charge on any atom is -0.487 e. The first kappa shape index (κ1) is 19.8. The third kappa shape index (κ3) is 4.56. The summed E-state index contributed by atoms with van der Waals surface area (Å²) in [5.74, 6) is 1.44. The van der Waals surface area contributed by atoms with Crippen molar-refractivity contribution in [3.05, 3.63) is 86.9 Å². The van der Waals surface area contributed by atoms with E-state index in [2.05, 4.69) is 10.1 Å². The predicted molar refractivity (Wildman–Crippen MR) is 116 cm³/mol. The normalized spacial score (nSPS) is 10.9. The van der Waals surface area contributed by atoms with Crippen LogP contribution in [0.4, 0.5) is 0 Å². The van der Waals surface area contributed by atoms with Crippen molar-refractivity contribution >= 4 is 34.8 Å². The molecule has 0 atom stereocenters. The molecule has 29 heavy (non-hydrogen) atoms. The van der Waals surface area contributed by atoms with Gasteiger partial charge in [0.05, 0.1) is 10.0 Å². The molecule has 0 unspecified atom stereocenters. The average molecular weight is 446 g/mol. The maximum atomic E-state index is 6.23. The Morgan fingerprint density at radius 2 is 1.79 bits per heavy atom. The van der Waals surface area contributed by atoms with E-state index in [1.165, 1.54) is 0 Å². The summed E-state index contributed by atoms with van der Waals surface area (Å²) in [6.45, 7) is 2.35. The van der Waals surface area contributed by atoms with E-state index in [1.807, 2.05) is 49.4 Å². The van der Waals surface area contributed by atoms with Crippen molar-refractivity contribution in [1.82, 2.24) is 10.1 Å². The Bertz CT molecular complexity index is 1170. The molecule has 0 N–H and O–H groups in total. The number of benzene rings is 3. The molecule has 0 aliphatic rings. The number of halogens is 3. The van der Waals surface area contributed by atoms with Crippen molar-refractivity contribution in [2.24, 2.45) is 0 Å².